The van der Waals surface area contributed by atoms with Crippen LogP contribution in [0.3, 0.4) is 0 Å². The lowest BCUT2D eigenvalue weighted by molar-refractivity contribution is 0.102. The van der Waals surface area contributed by atoms with Crippen molar-refractivity contribution >= 4 is 22.5 Å². The van der Waals surface area contributed by atoms with Gasteiger partial charge in [0, 0.05) is 17.1 Å². The smallest absolute Gasteiger partial charge is 0.274 e. The fraction of sp³-hybridized carbons (Fsp3) is 0.278. The largest absolute Gasteiger partial charge is 0.491 e. The summed E-state index contributed by atoms with van der Waals surface area (Å²) in [6.45, 7) is 2.53. The van der Waals surface area contributed by atoms with E-state index < -0.39 is 0 Å². The number of carbonyl (C=O) groups excluding carboxylic acids is 1. The predicted molar refractivity (Wildman–Crippen MR) is 91.2 cm³/mol. The van der Waals surface area contributed by atoms with Crippen molar-refractivity contribution in [2.45, 2.75) is 19.8 Å². The number of hydrogen-bond donors (Lipinski definition) is 2. The molecule has 1 fully saturated rings. The Morgan fingerprint density at radius 2 is 2.25 bits per heavy atom. The maximum absolute atomic E-state index is 12.5. The number of hydrogen-bond acceptors (Lipinski definition) is 4. The van der Waals surface area contributed by atoms with Crippen LogP contribution in [0.15, 0.2) is 36.5 Å². The molecule has 0 radical (unpaired) electrons. The average Bonchev–Trinajstić information content (AvgIpc) is 3.29. The summed E-state index contributed by atoms with van der Waals surface area (Å²) in [5.41, 5.74) is 2.71. The summed E-state index contributed by atoms with van der Waals surface area (Å²) in [5.74, 6) is 1.03. The number of benzene rings is 1. The summed E-state index contributed by atoms with van der Waals surface area (Å²) in [5, 5.41) is 10.8. The van der Waals surface area contributed by atoms with Gasteiger partial charge in [0.1, 0.15) is 11.4 Å². The van der Waals surface area contributed by atoms with E-state index in [0.29, 0.717) is 29.7 Å². The standard InChI is InChI=1S/C18H18N4O2/c1-11-3-2-4-14(20-11)18(23)21-16-7-13-9-19-22-15(13)8-17(16)24-10-12-5-6-12/h2-4,7-9,12H,5-6,10H2,1H3,(H,19,22)(H,21,23). The van der Waals surface area contributed by atoms with Crippen LogP contribution in [-0.4, -0.2) is 27.7 Å². The molecule has 3 aromatic rings. The van der Waals surface area contributed by atoms with Crippen LogP contribution < -0.4 is 10.1 Å². The number of ether oxygens (including phenoxy) is 1. The van der Waals surface area contributed by atoms with Gasteiger partial charge in [-0.3, -0.25) is 9.89 Å². The van der Waals surface area contributed by atoms with Gasteiger partial charge in [0.2, 0.25) is 0 Å². The Kier molecular flexibility index (Phi) is 3.65. The highest BCUT2D eigenvalue weighted by Crippen LogP contribution is 2.34. The number of nitrogens with zero attached hydrogens (tertiary/aromatic N) is 2. The number of rotatable bonds is 5. The Morgan fingerprint density at radius 3 is 3.04 bits per heavy atom. The van der Waals surface area contributed by atoms with Gasteiger partial charge in [-0.25, -0.2) is 4.98 Å². The van der Waals surface area contributed by atoms with Gasteiger partial charge in [0.05, 0.1) is 24.0 Å². The third kappa shape index (κ3) is 3.08. The second kappa shape index (κ2) is 5.96. The maximum atomic E-state index is 12.5. The summed E-state index contributed by atoms with van der Waals surface area (Å²) >= 11 is 0. The number of aromatic nitrogens is 3. The molecule has 1 amide bonds. The van der Waals surface area contributed by atoms with Crippen LogP contribution in [0.25, 0.3) is 10.9 Å². The minimum Gasteiger partial charge on any atom is -0.491 e. The molecule has 2 aromatic heterocycles. The minimum atomic E-state index is -0.252. The van der Waals surface area contributed by atoms with Crippen LogP contribution in [0.1, 0.15) is 29.0 Å². The molecule has 1 saturated carbocycles. The Bertz CT molecular complexity index is 899. The number of pyridine rings is 1. The van der Waals surface area contributed by atoms with E-state index in [2.05, 4.69) is 20.5 Å². The monoisotopic (exact) mass is 322 g/mol. The van der Waals surface area contributed by atoms with Crippen molar-refractivity contribution in [3.05, 3.63) is 47.9 Å². The molecule has 6 heteroatoms. The zero-order chi connectivity index (χ0) is 16.5. The van der Waals surface area contributed by atoms with Gasteiger partial charge in [-0.05, 0) is 43.9 Å². The zero-order valence-corrected chi connectivity index (χ0v) is 13.4. The highest BCUT2D eigenvalue weighted by molar-refractivity contribution is 6.05. The lowest BCUT2D eigenvalue weighted by atomic mass is 10.2. The highest BCUT2D eigenvalue weighted by atomic mass is 16.5. The van der Waals surface area contributed by atoms with Gasteiger partial charge < -0.3 is 10.1 Å². The fourth-order valence-corrected chi connectivity index (χ4v) is 2.54. The van der Waals surface area contributed by atoms with E-state index in [9.17, 15) is 4.79 Å². The summed E-state index contributed by atoms with van der Waals surface area (Å²) < 4.78 is 5.92. The number of amides is 1. The molecule has 1 aliphatic rings. The topological polar surface area (TPSA) is 79.9 Å². The van der Waals surface area contributed by atoms with Crippen molar-refractivity contribution in [2.75, 3.05) is 11.9 Å². The first kappa shape index (κ1) is 14.7. The quantitative estimate of drug-likeness (QED) is 0.755. The van der Waals surface area contributed by atoms with E-state index >= 15 is 0 Å². The number of H-pyrrole nitrogens is 1. The number of aromatic amines is 1. The van der Waals surface area contributed by atoms with Crippen molar-refractivity contribution in [3.63, 3.8) is 0 Å². The van der Waals surface area contributed by atoms with E-state index in [4.69, 9.17) is 4.74 Å². The van der Waals surface area contributed by atoms with Crippen molar-refractivity contribution in [1.82, 2.24) is 15.2 Å². The molecular weight excluding hydrogens is 304 g/mol. The number of anilines is 1. The van der Waals surface area contributed by atoms with Crippen molar-refractivity contribution in [1.29, 1.82) is 0 Å². The second-order valence-corrected chi connectivity index (χ2v) is 6.18. The molecule has 0 aliphatic heterocycles. The lowest BCUT2D eigenvalue weighted by Gasteiger charge is -2.13. The van der Waals surface area contributed by atoms with Crippen molar-refractivity contribution < 1.29 is 9.53 Å². The van der Waals surface area contributed by atoms with Crippen molar-refractivity contribution in [3.8, 4) is 5.75 Å². The highest BCUT2D eigenvalue weighted by Gasteiger charge is 2.23. The van der Waals surface area contributed by atoms with Gasteiger partial charge in [0.15, 0.2) is 0 Å². The average molecular weight is 322 g/mol. The molecule has 0 atom stereocenters. The summed E-state index contributed by atoms with van der Waals surface area (Å²) in [6.07, 6.45) is 4.14. The number of nitrogens with one attached hydrogen (secondary N) is 2. The molecule has 0 spiro atoms. The third-order valence-electron chi connectivity index (χ3n) is 4.08. The van der Waals surface area contributed by atoms with Crippen LogP contribution in [-0.2, 0) is 0 Å². The van der Waals surface area contributed by atoms with Gasteiger partial charge in [-0.15, -0.1) is 0 Å². The first-order valence-corrected chi connectivity index (χ1v) is 8.04. The summed E-state index contributed by atoms with van der Waals surface area (Å²) in [7, 11) is 0. The van der Waals surface area contributed by atoms with E-state index in [1.807, 2.05) is 31.2 Å². The maximum Gasteiger partial charge on any atom is 0.274 e. The number of fused-ring (bicyclic) bond motifs is 1. The van der Waals surface area contributed by atoms with E-state index in [-0.39, 0.29) is 5.91 Å². The minimum absolute atomic E-state index is 0.252. The number of carbonyl (C=O) groups is 1. The van der Waals surface area contributed by atoms with Crippen LogP contribution >= 0.6 is 0 Å². The van der Waals surface area contributed by atoms with E-state index in [1.165, 1.54) is 12.8 Å². The molecule has 6 nitrogen and oxygen atoms in total. The molecule has 4 rings (SSSR count). The van der Waals surface area contributed by atoms with Crippen LogP contribution in [0, 0.1) is 12.8 Å². The normalized spacial score (nSPS) is 13.9. The molecule has 0 saturated heterocycles. The molecule has 1 aromatic carbocycles. The van der Waals surface area contributed by atoms with Gasteiger partial charge in [0.25, 0.3) is 5.91 Å². The molecule has 122 valence electrons. The van der Waals surface area contributed by atoms with Crippen molar-refractivity contribution in [2.24, 2.45) is 5.92 Å². The van der Waals surface area contributed by atoms with Gasteiger partial charge in [-0.1, -0.05) is 6.07 Å². The second-order valence-electron chi connectivity index (χ2n) is 6.18. The Balaban J connectivity index is 1.62. The van der Waals surface area contributed by atoms with Crippen LogP contribution in [0.5, 0.6) is 5.75 Å². The Labute approximate surface area is 139 Å². The molecule has 2 N–H and O–H groups in total. The molecule has 2 heterocycles. The van der Waals surface area contributed by atoms with E-state index in [1.54, 1.807) is 12.3 Å². The lowest BCUT2D eigenvalue weighted by Crippen LogP contribution is -2.15. The van der Waals surface area contributed by atoms with Gasteiger partial charge >= 0.3 is 0 Å². The molecule has 1 aliphatic carbocycles. The van der Waals surface area contributed by atoms with Gasteiger partial charge in [-0.2, -0.15) is 5.10 Å². The molecule has 0 unspecified atom stereocenters. The summed E-state index contributed by atoms with van der Waals surface area (Å²) in [4.78, 5) is 16.8. The Morgan fingerprint density at radius 1 is 1.38 bits per heavy atom. The first-order chi connectivity index (χ1) is 11.7. The predicted octanol–water partition coefficient (Wildman–Crippen LogP) is 3.31. The fourth-order valence-electron chi connectivity index (χ4n) is 2.54. The first-order valence-electron chi connectivity index (χ1n) is 8.04. The molecular formula is C18H18N4O2. The molecule has 24 heavy (non-hydrogen) atoms. The van der Waals surface area contributed by atoms with Crippen LogP contribution in [0.2, 0.25) is 0 Å². The number of aryl methyl sites for hydroxylation is 1. The van der Waals surface area contributed by atoms with Crippen LogP contribution in [0.4, 0.5) is 5.69 Å². The summed E-state index contributed by atoms with van der Waals surface area (Å²) in [6, 6.07) is 9.13. The van der Waals surface area contributed by atoms with E-state index in [0.717, 1.165) is 16.6 Å². The Hall–Kier alpha value is -2.89. The molecule has 0 bridgehead atoms. The SMILES string of the molecule is Cc1cccc(C(=O)Nc2cc3cn[nH]c3cc2OCC2CC2)n1. The third-order valence-corrected chi connectivity index (χ3v) is 4.08. The zero-order valence-electron chi connectivity index (χ0n) is 13.4.